The third-order valence-corrected chi connectivity index (χ3v) is 8.91. The second-order valence-electron chi connectivity index (χ2n) is 11.3. The molecule has 0 saturated heterocycles. The molecule has 3 fully saturated rings. The van der Waals surface area contributed by atoms with Gasteiger partial charge >= 0.3 is 0 Å². The number of fused-ring (bicyclic) bond motifs is 1. The molecule has 0 aliphatic heterocycles. The Balaban J connectivity index is 1.59. The molecule has 0 heterocycles. The number of benzene rings is 1. The first-order valence-corrected chi connectivity index (χ1v) is 13.7. The summed E-state index contributed by atoms with van der Waals surface area (Å²) in [5.41, 5.74) is 3.85. The minimum absolute atomic E-state index is 0.00909. The zero-order valence-electron chi connectivity index (χ0n) is 21.2. The summed E-state index contributed by atoms with van der Waals surface area (Å²) in [4.78, 5) is 0. The molecule has 0 amide bonds. The molecule has 4 rings (SSSR count). The molecular weight excluding hydrogens is 402 g/mol. The van der Waals surface area contributed by atoms with Gasteiger partial charge < -0.3 is 10.4 Å². The van der Waals surface area contributed by atoms with Crippen LogP contribution in [0.1, 0.15) is 103 Å². The van der Waals surface area contributed by atoms with E-state index in [0.29, 0.717) is 23.8 Å². The Morgan fingerprint density at radius 3 is 2.73 bits per heavy atom. The standard InChI is InChI=1S/C31H45NO/c1-4-5-19-32-30-23(2)28-15-10-16-29(33)31(28,3)22-27(30)21-26-14-9-13-25(20-26)18-17-24-11-7-6-8-12-24/h9,13-14,20-21,23-24,28-30,32-33H,4-8,10-12,15-16,19,22H2,1-3H3/b27-21+/t23?,28?,29-,30?,31-/m0/s1. The van der Waals surface area contributed by atoms with E-state index in [0.717, 1.165) is 31.4 Å². The van der Waals surface area contributed by atoms with Crippen LogP contribution < -0.4 is 5.32 Å². The smallest absolute Gasteiger partial charge is 0.0599 e. The van der Waals surface area contributed by atoms with Crippen molar-refractivity contribution in [3.8, 4) is 11.8 Å². The number of aliphatic hydroxyl groups is 1. The van der Waals surface area contributed by atoms with Crippen LogP contribution in [0.25, 0.3) is 6.08 Å². The van der Waals surface area contributed by atoms with Crippen molar-refractivity contribution in [3.05, 3.63) is 41.0 Å². The summed E-state index contributed by atoms with van der Waals surface area (Å²) in [6, 6.07) is 9.20. The second kappa shape index (κ2) is 11.2. The largest absolute Gasteiger partial charge is 0.393 e. The molecule has 33 heavy (non-hydrogen) atoms. The Morgan fingerprint density at radius 2 is 1.94 bits per heavy atom. The van der Waals surface area contributed by atoms with Crippen molar-refractivity contribution in [1.82, 2.24) is 5.32 Å². The van der Waals surface area contributed by atoms with Crippen molar-refractivity contribution < 1.29 is 5.11 Å². The highest BCUT2D eigenvalue weighted by Crippen LogP contribution is 2.54. The molecule has 180 valence electrons. The molecule has 0 bridgehead atoms. The molecule has 0 spiro atoms. The lowest BCUT2D eigenvalue weighted by molar-refractivity contribution is -0.0779. The van der Waals surface area contributed by atoms with Crippen LogP contribution in [0.5, 0.6) is 0 Å². The summed E-state index contributed by atoms with van der Waals surface area (Å²) >= 11 is 0. The van der Waals surface area contributed by atoms with Crippen molar-refractivity contribution in [2.24, 2.45) is 23.2 Å². The lowest BCUT2D eigenvalue weighted by Gasteiger charge is -2.55. The number of hydrogen-bond donors (Lipinski definition) is 2. The van der Waals surface area contributed by atoms with Gasteiger partial charge in [-0.15, -0.1) is 0 Å². The molecule has 2 N–H and O–H groups in total. The third-order valence-electron chi connectivity index (χ3n) is 8.91. The normalized spacial score (nSPS) is 33.9. The predicted molar refractivity (Wildman–Crippen MR) is 140 cm³/mol. The lowest BCUT2D eigenvalue weighted by atomic mass is 9.53. The molecule has 3 aliphatic rings. The Morgan fingerprint density at radius 1 is 1.12 bits per heavy atom. The van der Waals surface area contributed by atoms with Crippen LogP contribution in [0.2, 0.25) is 0 Å². The Labute approximate surface area is 202 Å². The van der Waals surface area contributed by atoms with Gasteiger partial charge in [-0.25, -0.2) is 0 Å². The zero-order chi connectivity index (χ0) is 23.3. The highest BCUT2D eigenvalue weighted by atomic mass is 16.3. The molecule has 2 heteroatoms. The van der Waals surface area contributed by atoms with E-state index in [-0.39, 0.29) is 11.5 Å². The Hall–Kier alpha value is -1.56. The van der Waals surface area contributed by atoms with Gasteiger partial charge in [0.1, 0.15) is 0 Å². The maximum absolute atomic E-state index is 11.0. The SMILES string of the molecule is CCCCNC1/C(=C/c2cccc(C#CC3CCCCC3)c2)C[C@@]2(C)C(CCC[C@@H]2O)C1C. The number of rotatable bonds is 5. The fraction of sp³-hybridized carbons (Fsp3) is 0.677. The number of unbranched alkanes of at least 4 members (excludes halogenated alkanes) is 1. The van der Waals surface area contributed by atoms with Gasteiger partial charge in [0.2, 0.25) is 0 Å². The summed E-state index contributed by atoms with van der Waals surface area (Å²) in [6.45, 7) is 8.10. The van der Waals surface area contributed by atoms with E-state index in [2.05, 4.69) is 68.3 Å². The van der Waals surface area contributed by atoms with Crippen molar-refractivity contribution in [1.29, 1.82) is 0 Å². The molecule has 3 saturated carbocycles. The lowest BCUT2D eigenvalue weighted by Crippen LogP contribution is -2.55. The third kappa shape index (κ3) is 5.75. The highest BCUT2D eigenvalue weighted by Gasteiger charge is 2.51. The number of hydrogen-bond acceptors (Lipinski definition) is 2. The molecule has 2 nitrogen and oxygen atoms in total. The van der Waals surface area contributed by atoms with Gasteiger partial charge in [0, 0.05) is 22.9 Å². The quantitative estimate of drug-likeness (QED) is 0.377. The minimum atomic E-state index is -0.189. The Kier molecular flexibility index (Phi) is 8.37. The fourth-order valence-corrected chi connectivity index (χ4v) is 6.91. The van der Waals surface area contributed by atoms with E-state index in [1.165, 1.54) is 62.5 Å². The van der Waals surface area contributed by atoms with Crippen LogP contribution in [0.3, 0.4) is 0 Å². The molecule has 0 radical (unpaired) electrons. The van der Waals surface area contributed by atoms with Gasteiger partial charge in [0.25, 0.3) is 0 Å². The van der Waals surface area contributed by atoms with Crippen molar-refractivity contribution >= 4 is 6.08 Å². The summed E-state index contributed by atoms with van der Waals surface area (Å²) in [5.74, 6) is 8.74. The summed E-state index contributed by atoms with van der Waals surface area (Å²) in [5, 5.41) is 15.0. The second-order valence-corrected chi connectivity index (χ2v) is 11.3. The van der Waals surface area contributed by atoms with Crippen LogP contribution in [-0.4, -0.2) is 23.8 Å². The van der Waals surface area contributed by atoms with E-state index in [1.54, 1.807) is 0 Å². The van der Waals surface area contributed by atoms with Crippen LogP contribution in [0.4, 0.5) is 0 Å². The first-order valence-electron chi connectivity index (χ1n) is 13.7. The molecular formula is C31H45NO. The molecule has 3 aliphatic carbocycles. The van der Waals surface area contributed by atoms with E-state index >= 15 is 0 Å². The molecule has 1 aromatic carbocycles. The van der Waals surface area contributed by atoms with Crippen LogP contribution in [0, 0.1) is 35.0 Å². The highest BCUT2D eigenvalue weighted by molar-refractivity contribution is 5.57. The fourth-order valence-electron chi connectivity index (χ4n) is 6.91. The topological polar surface area (TPSA) is 32.3 Å². The maximum atomic E-state index is 11.0. The first kappa shape index (κ1) is 24.6. The van der Waals surface area contributed by atoms with E-state index in [1.807, 2.05) is 0 Å². The van der Waals surface area contributed by atoms with Gasteiger partial charge in [-0.05, 0) is 74.6 Å². The molecule has 1 aromatic rings. The van der Waals surface area contributed by atoms with Gasteiger partial charge in [-0.2, -0.15) is 0 Å². The summed E-state index contributed by atoms with van der Waals surface area (Å²) in [6.07, 6.45) is 15.6. The zero-order valence-corrected chi connectivity index (χ0v) is 21.2. The summed E-state index contributed by atoms with van der Waals surface area (Å²) < 4.78 is 0. The van der Waals surface area contributed by atoms with Gasteiger partial charge in [-0.1, -0.05) is 88.5 Å². The first-order chi connectivity index (χ1) is 16.0. The molecule has 3 unspecified atom stereocenters. The predicted octanol–water partition coefficient (Wildman–Crippen LogP) is 6.97. The average molecular weight is 448 g/mol. The van der Waals surface area contributed by atoms with Crippen molar-refractivity contribution in [3.63, 3.8) is 0 Å². The monoisotopic (exact) mass is 447 g/mol. The van der Waals surface area contributed by atoms with Crippen molar-refractivity contribution in [2.45, 2.75) is 104 Å². The average Bonchev–Trinajstić information content (AvgIpc) is 2.82. The van der Waals surface area contributed by atoms with E-state index < -0.39 is 0 Å². The summed E-state index contributed by atoms with van der Waals surface area (Å²) in [7, 11) is 0. The van der Waals surface area contributed by atoms with Gasteiger partial charge in [0.05, 0.1) is 6.10 Å². The van der Waals surface area contributed by atoms with Gasteiger partial charge in [-0.3, -0.25) is 0 Å². The van der Waals surface area contributed by atoms with Crippen LogP contribution in [0.15, 0.2) is 29.8 Å². The van der Waals surface area contributed by atoms with Gasteiger partial charge in [0.15, 0.2) is 0 Å². The Bertz CT molecular complexity index is 870. The number of nitrogens with one attached hydrogen (secondary N) is 1. The number of aliphatic hydroxyl groups excluding tert-OH is 1. The van der Waals surface area contributed by atoms with Crippen LogP contribution in [-0.2, 0) is 0 Å². The van der Waals surface area contributed by atoms with Crippen LogP contribution >= 0.6 is 0 Å². The van der Waals surface area contributed by atoms with E-state index in [9.17, 15) is 5.11 Å². The molecule has 0 aromatic heterocycles. The van der Waals surface area contributed by atoms with Crippen molar-refractivity contribution in [2.75, 3.05) is 6.54 Å². The van der Waals surface area contributed by atoms with E-state index in [4.69, 9.17) is 0 Å². The maximum Gasteiger partial charge on any atom is 0.0599 e. The molecule has 5 atom stereocenters. The minimum Gasteiger partial charge on any atom is -0.393 e.